The Morgan fingerprint density at radius 1 is 1.07 bits per heavy atom. The molecule has 0 atom stereocenters. The van der Waals surface area contributed by atoms with E-state index < -0.39 is 0 Å². The Labute approximate surface area is 83.6 Å². The predicted molar refractivity (Wildman–Crippen MR) is 57.1 cm³/mol. The van der Waals surface area contributed by atoms with Gasteiger partial charge in [-0.2, -0.15) is 0 Å². The van der Waals surface area contributed by atoms with E-state index in [1.54, 1.807) is 18.2 Å². The van der Waals surface area contributed by atoms with Crippen LogP contribution in [0.4, 0.5) is 0 Å². The normalized spacial score (nSPS) is 10.1. The first kappa shape index (κ1) is 8.82. The summed E-state index contributed by atoms with van der Waals surface area (Å²) in [5, 5.41) is 9.67. The molecule has 1 nitrogen and oxygen atoms in total. The van der Waals surface area contributed by atoms with Crippen molar-refractivity contribution in [3.63, 3.8) is 0 Å². The van der Waals surface area contributed by atoms with Crippen LogP contribution in [0.5, 0.6) is 5.75 Å². The number of hydrogen-bond donors (Lipinski definition) is 1. The second-order valence-corrected chi connectivity index (χ2v) is 3.26. The molecule has 1 heteroatoms. The zero-order valence-corrected chi connectivity index (χ0v) is 7.99. The summed E-state index contributed by atoms with van der Waals surface area (Å²) < 4.78 is 0. The van der Waals surface area contributed by atoms with Crippen LogP contribution in [0.1, 0.15) is 5.56 Å². The summed E-state index contributed by atoms with van der Waals surface area (Å²) in [7, 11) is 0. The molecule has 0 heterocycles. The Morgan fingerprint density at radius 2 is 1.86 bits per heavy atom. The summed E-state index contributed by atoms with van der Waals surface area (Å²) in [5.74, 6) is 0.304. The van der Waals surface area contributed by atoms with E-state index in [1.807, 2.05) is 31.2 Å². The number of aryl methyl sites for hydroxylation is 1. The molecule has 0 saturated heterocycles. The quantitative estimate of drug-likeness (QED) is 0.720. The third kappa shape index (κ3) is 1.49. The predicted octanol–water partition coefficient (Wildman–Crippen LogP) is 3.17. The van der Waals surface area contributed by atoms with Gasteiger partial charge in [0, 0.05) is 5.56 Å². The molecule has 2 rings (SSSR count). The van der Waals surface area contributed by atoms with Crippen molar-refractivity contribution in [2.24, 2.45) is 0 Å². The van der Waals surface area contributed by atoms with Crippen LogP contribution in [0.15, 0.2) is 42.5 Å². The van der Waals surface area contributed by atoms with Gasteiger partial charge in [-0.1, -0.05) is 30.3 Å². The molecule has 0 aromatic heterocycles. The lowest BCUT2D eigenvalue weighted by Crippen LogP contribution is -1.82. The molecule has 2 aromatic rings. The molecule has 0 aliphatic rings. The molecule has 0 fully saturated rings. The van der Waals surface area contributed by atoms with Crippen LogP contribution in [0.25, 0.3) is 11.1 Å². The molecule has 0 unspecified atom stereocenters. The minimum atomic E-state index is 0.304. The minimum absolute atomic E-state index is 0.304. The van der Waals surface area contributed by atoms with Gasteiger partial charge in [0.05, 0.1) is 0 Å². The first-order valence-corrected chi connectivity index (χ1v) is 4.54. The molecule has 14 heavy (non-hydrogen) atoms. The zero-order valence-electron chi connectivity index (χ0n) is 7.99. The molecular weight excluding hydrogens is 172 g/mol. The maximum Gasteiger partial charge on any atom is 0.123 e. The summed E-state index contributed by atoms with van der Waals surface area (Å²) >= 11 is 0. The van der Waals surface area contributed by atoms with Crippen LogP contribution < -0.4 is 0 Å². The molecule has 69 valence electrons. The molecule has 1 N–H and O–H groups in total. The summed E-state index contributed by atoms with van der Waals surface area (Å²) in [6, 6.07) is 16.1. The zero-order chi connectivity index (χ0) is 9.97. The number of phenols is 1. The van der Waals surface area contributed by atoms with Crippen molar-refractivity contribution in [3.8, 4) is 16.9 Å². The van der Waals surface area contributed by atoms with Crippen molar-refractivity contribution in [2.75, 3.05) is 0 Å². The van der Waals surface area contributed by atoms with E-state index in [1.165, 1.54) is 0 Å². The second kappa shape index (κ2) is 3.54. The van der Waals surface area contributed by atoms with Gasteiger partial charge in [0.1, 0.15) is 5.75 Å². The van der Waals surface area contributed by atoms with Crippen LogP contribution in [-0.4, -0.2) is 5.11 Å². The first-order chi connectivity index (χ1) is 6.79. The van der Waals surface area contributed by atoms with Crippen molar-refractivity contribution in [3.05, 3.63) is 54.1 Å². The van der Waals surface area contributed by atoms with Crippen molar-refractivity contribution >= 4 is 0 Å². The highest BCUT2D eigenvalue weighted by Crippen LogP contribution is 2.30. The average Bonchev–Trinajstić information content (AvgIpc) is 2.20. The van der Waals surface area contributed by atoms with Gasteiger partial charge in [-0.15, -0.1) is 0 Å². The molecule has 0 spiro atoms. The van der Waals surface area contributed by atoms with Gasteiger partial charge in [-0.3, -0.25) is 0 Å². The summed E-state index contributed by atoms with van der Waals surface area (Å²) in [5.41, 5.74) is 3.05. The van der Waals surface area contributed by atoms with E-state index in [0.29, 0.717) is 5.75 Å². The van der Waals surface area contributed by atoms with Gasteiger partial charge in [0.15, 0.2) is 0 Å². The van der Waals surface area contributed by atoms with Crippen LogP contribution in [0, 0.1) is 13.0 Å². The Kier molecular flexibility index (Phi) is 2.23. The van der Waals surface area contributed by atoms with Crippen molar-refractivity contribution in [1.29, 1.82) is 0 Å². The van der Waals surface area contributed by atoms with Gasteiger partial charge in [-0.25, -0.2) is 0 Å². The highest BCUT2D eigenvalue weighted by atomic mass is 16.3. The standard InChI is InChI=1S/C13H11O/c1-10-6-2-3-7-11(10)12-8-4-5-9-13(12)14/h2-3,5-9,14H,1H3. The van der Waals surface area contributed by atoms with Gasteiger partial charge in [-0.05, 0) is 36.2 Å². The second-order valence-electron chi connectivity index (χ2n) is 3.26. The smallest absolute Gasteiger partial charge is 0.123 e. The Hall–Kier alpha value is -1.76. The highest BCUT2D eigenvalue weighted by molar-refractivity contribution is 5.72. The molecule has 0 aliphatic carbocycles. The topological polar surface area (TPSA) is 20.2 Å². The van der Waals surface area contributed by atoms with Crippen LogP contribution in [0.2, 0.25) is 0 Å². The molecular formula is C13H11O. The summed E-state index contributed by atoms with van der Waals surface area (Å²) in [6.07, 6.45) is 0. The molecule has 0 aliphatic heterocycles. The highest BCUT2D eigenvalue weighted by Gasteiger charge is 2.04. The lowest BCUT2D eigenvalue weighted by atomic mass is 10.0. The number of aromatic hydroxyl groups is 1. The maximum absolute atomic E-state index is 9.67. The van der Waals surface area contributed by atoms with Crippen LogP contribution >= 0.6 is 0 Å². The van der Waals surface area contributed by atoms with Crippen molar-refractivity contribution in [2.45, 2.75) is 6.92 Å². The van der Waals surface area contributed by atoms with E-state index in [0.717, 1.165) is 16.7 Å². The minimum Gasteiger partial charge on any atom is -0.507 e. The lowest BCUT2D eigenvalue weighted by molar-refractivity contribution is 0.477. The third-order valence-electron chi connectivity index (χ3n) is 2.28. The third-order valence-corrected chi connectivity index (χ3v) is 2.28. The van der Waals surface area contributed by atoms with E-state index in [4.69, 9.17) is 0 Å². The largest absolute Gasteiger partial charge is 0.507 e. The lowest BCUT2D eigenvalue weighted by Gasteiger charge is -2.06. The first-order valence-electron chi connectivity index (χ1n) is 4.54. The molecule has 1 radical (unpaired) electrons. The molecule has 0 saturated carbocycles. The maximum atomic E-state index is 9.67. The van der Waals surface area contributed by atoms with Gasteiger partial charge in [0.2, 0.25) is 0 Å². The molecule has 2 aromatic carbocycles. The number of hydrogen-bond acceptors (Lipinski definition) is 1. The van der Waals surface area contributed by atoms with E-state index >= 15 is 0 Å². The van der Waals surface area contributed by atoms with E-state index in [2.05, 4.69) is 6.07 Å². The average molecular weight is 183 g/mol. The van der Waals surface area contributed by atoms with E-state index in [-0.39, 0.29) is 0 Å². The monoisotopic (exact) mass is 183 g/mol. The van der Waals surface area contributed by atoms with Gasteiger partial charge in [0.25, 0.3) is 0 Å². The summed E-state index contributed by atoms with van der Waals surface area (Å²) in [6.45, 7) is 2.03. The van der Waals surface area contributed by atoms with Crippen molar-refractivity contribution in [1.82, 2.24) is 0 Å². The fourth-order valence-corrected chi connectivity index (χ4v) is 1.51. The number of rotatable bonds is 1. The summed E-state index contributed by atoms with van der Waals surface area (Å²) in [4.78, 5) is 0. The Balaban J connectivity index is 2.61. The fraction of sp³-hybridized carbons (Fsp3) is 0.0769. The molecule has 0 amide bonds. The fourth-order valence-electron chi connectivity index (χ4n) is 1.51. The number of phenolic OH excluding ortho intramolecular Hbond substituents is 1. The SMILES string of the molecule is Cc1ccccc1-c1c[c]ccc1O. The number of benzene rings is 2. The van der Waals surface area contributed by atoms with Crippen molar-refractivity contribution < 1.29 is 5.11 Å². The van der Waals surface area contributed by atoms with Crippen LogP contribution in [0.3, 0.4) is 0 Å². The molecule has 0 bridgehead atoms. The van der Waals surface area contributed by atoms with Crippen LogP contribution in [-0.2, 0) is 0 Å². The Bertz CT molecular complexity index is 403. The van der Waals surface area contributed by atoms with Gasteiger partial charge >= 0.3 is 0 Å². The Morgan fingerprint density at radius 3 is 2.57 bits per heavy atom. The van der Waals surface area contributed by atoms with E-state index in [9.17, 15) is 5.11 Å². The van der Waals surface area contributed by atoms with Gasteiger partial charge < -0.3 is 5.11 Å².